The van der Waals surface area contributed by atoms with Gasteiger partial charge in [-0.1, -0.05) is 42.5 Å². The number of rotatable bonds is 4. The van der Waals surface area contributed by atoms with E-state index in [1.54, 1.807) is 47.8 Å². The first-order valence-electron chi connectivity index (χ1n) is 9.02. The highest BCUT2D eigenvalue weighted by molar-refractivity contribution is 7.10. The van der Waals surface area contributed by atoms with Gasteiger partial charge in [0.1, 0.15) is 0 Å². The lowest BCUT2D eigenvalue weighted by Crippen LogP contribution is -2.14. The topological polar surface area (TPSA) is 15.8 Å². The van der Waals surface area contributed by atoms with Crippen molar-refractivity contribution in [3.8, 4) is 11.3 Å². The predicted molar refractivity (Wildman–Crippen MR) is 106 cm³/mol. The van der Waals surface area contributed by atoms with E-state index >= 15 is 0 Å². The van der Waals surface area contributed by atoms with Gasteiger partial charge < -0.3 is 4.98 Å². The smallest absolute Gasteiger partial charge is 0.354 e. The van der Waals surface area contributed by atoms with Gasteiger partial charge in [0.05, 0.1) is 17.7 Å². The van der Waals surface area contributed by atoms with Crippen LogP contribution in [0.15, 0.2) is 66.0 Å². The summed E-state index contributed by atoms with van der Waals surface area (Å²) in [6.45, 7) is 0. The fourth-order valence-electron chi connectivity index (χ4n) is 3.66. The summed E-state index contributed by atoms with van der Waals surface area (Å²) in [6, 6.07) is 15.1. The molecule has 8 heteroatoms. The number of H-pyrrole nitrogens is 1. The van der Waals surface area contributed by atoms with E-state index in [9.17, 15) is 26.3 Å². The number of hydrogen-bond acceptors (Lipinski definition) is 1. The third-order valence-electron chi connectivity index (χ3n) is 4.90. The second kappa shape index (κ2) is 7.50. The molecule has 0 fully saturated rings. The summed E-state index contributed by atoms with van der Waals surface area (Å²) >= 11 is 1.20. The largest absolute Gasteiger partial charge is 0.416 e. The third-order valence-corrected chi connectivity index (χ3v) is 5.89. The van der Waals surface area contributed by atoms with Crippen molar-refractivity contribution in [2.75, 3.05) is 0 Å². The summed E-state index contributed by atoms with van der Waals surface area (Å²) in [5.74, 6) is -1.04. The van der Waals surface area contributed by atoms with Crippen LogP contribution < -0.4 is 0 Å². The Labute approximate surface area is 172 Å². The summed E-state index contributed by atoms with van der Waals surface area (Å²) in [6.07, 6.45) is -10.1. The molecule has 0 unspecified atom stereocenters. The molecule has 0 saturated heterocycles. The molecule has 1 nitrogen and oxygen atoms in total. The van der Waals surface area contributed by atoms with Gasteiger partial charge in [-0.2, -0.15) is 26.3 Å². The highest BCUT2D eigenvalue weighted by Gasteiger charge is 2.37. The van der Waals surface area contributed by atoms with E-state index in [-0.39, 0.29) is 5.52 Å². The summed E-state index contributed by atoms with van der Waals surface area (Å²) < 4.78 is 80.0. The Bertz CT molecular complexity index is 1140. The second-order valence-corrected chi connectivity index (χ2v) is 7.90. The van der Waals surface area contributed by atoms with E-state index in [4.69, 9.17) is 0 Å². The fraction of sp³-hybridized carbons (Fsp3) is 0.182. The van der Waals surface area contributed by atoms with E-state index in [0.29, 0.717) is 27.1 Å². The normalized spacial score (nSPS) is 13.7. The van der Waals surface area contributed by atoms with Gasteiger partial charge in [-0.15, -0.1) is 11.3 Å². The highest BCUT2D eigenvalue weighted by atomic mass is 32.1. The van der Waals surface area contributed by atoms with E-state index in [1.807, 2.05) is 0 Å². The number of aromatic nitrogens is 1. The van der Waals surface area contributed by atoms with Crippen LogP contribution in [0.4, 0.5) is 26.3 Å². The zero-order valence-corrected chi connectivity index (χ0v) is 16.1. The summed E-state index contributed by atoms with van der Waals surface area (Å²) in [5, 5.41) is 2.04. The van der Waals surface area contributed by atoms with Crippen molar-refractivity contribution in [2.45, 2.75) is 24.7 Å². The van der Waals surface area contributed by atoms with Crippen LogP contribution in [0.2, 0.25) is 0 Å². The lowest BCUT2D eigenvalue weighted by atomic mass is 9.89. The summed E-state index contributed by atoms with van der Waals surface area (Å²) in [7, 11) is 0. The first-order chi connectivity index (χ1) is 14.1. The Kier molecular flexibility index (Phi) is 5.13. The van der Waals surface area contributed by atoms with Crippen LogP contribution in [0, 0.1) is 0 Å². The molecule has 0 spiro atoms. The molecular formula is C22H15F6NS. The minimum atomic E-state index is -4.55. The molecule has 2 heterocycles. The number of alkyl halides is 6. The Morgan fingerprint density at radius 2 is 1.60 bits per heavy atom. The first kappa shape index (κ1) is 20.5. The molecule has 2 aromatic heterocycles. The van der Waals surface area contributed by atoms with Gasteiger partial charge in [-0.3, -0.25) is 0 Å². The number of nitrogens with one attached hydrogen (secondary N) is 1. The standard InChI is InChI=1S/C22H15F6NS/c23-21(24,25)12-16(18-7-4-10-30-18)19-15-9-8-14(22(26,27)28)11-17(15)29-20(19)13-5-2-1-3-6-13/h1-11,16,29H,12H2/t16-/m1/s1. The highest BCUT2D eigenvalue weighted by Crippen LogP contribution is 2.45. The van der Waals surface area contributed by atoms with Crippen molar-refractivity contribution < 1.29 is 26.3 Å². The Morgan fingerprint density at radius 1 is 0.867 bits per heavy atom. The Balaban J connectivity index is 2.00. The summed E-state index contributed by atoms with van der Waals surface area (Å²) in [4.78, 5) is 3.46. The van der Waals surface area contributed by atoms with E-state index in [0.717, 1.165) is 12.1 Å². The van der Waals surface area contributed by atoms with Crippen molar-refractivity contribution in [3.63, 3.8) is 0 Å². The third kappa shape index (κ3) is 4.09. The minimum absolute atomic E-state index is 0.155. The van der Waals surface area contributed by atoms with Gasteiger partial charge in [0.2, 0.25) is 0 Å². The maximum Gasteiger partial charge on any atom is 0.416 e. The lowest BCUT2D eigenvalue weighted by molar-refractivity contribution is -0.138. The Hall–Kier alpha value is -2.74. The second-order valence-electron chi connectivity index (χ2n) is 6.93. The van der Waals surface area contributed by atoms with Crippen molar-refractivity contribution >= 4 is 22.2 Å². The molecule has 4 rings (SSSR count). The SMILES string of the molecule is FC(F)(F)C[C@H](c1cccs1)c1c(-c2ccccc2)[nH]c2cc(C(F)(F)F)ccc12. The van der Waals surface area contributed by atoms with Crippen molar-refractivity contribution in [3.05, 3.63) is 82.0 Å². The van der Waals surface area contributed by atoms with Crippen molar-refractivity contribution in [1.29, 1.82) is 0 Å². The fourth-order valence-corrected chi connectivity index (χ4v) is 4.49. The number of fused-ring (bicyclic) bond motifs is 1. The van der Waals surface area contributed by atoms with Crippen LogP contribution in [0.5, 0.6) is 0 Å². The molecule has 0 aliphatic heterocycles. The van der Waals surface area contributed by atoms with Gasteiger partial charge >= 0.3 is 12.4 Å². The molecule has 4 aromatic rings. The molecule has 0 saturated carbocycles. The van der Waals surface area contributed by atoms with Crippen molar-refractivity contribution in [1.82, 2.24) is 4.98 Å². The van der Waals surface area contributed by atoms with E-state index in [2.05, 4.69) is 4.98 Å². The Morgan fingerprint density at radius 3 is 2.20 bits per heavy atom. The predicted octanol–water partition coefficient (Wildman–Crippen LogP) is 8.00. The molecule has 1 atom stereocenters. The van der Waals surface area contributed by atoms with E-state index in [1.165, 1.54) is 17.4 Å². The van der Waals surface area contributed by atoms with Gasteiger partial charge in [-0.05, 0) is 34.7 Å². The number of halogens is 6. The molecule has 0 amide bonds. The maximum atomic E-state index is 13.5. The molecular weight excluding hydrogens is 424 g/mol. The minimum Gasteiger partial charge on any atom is -0.354 e. The van der Waals surface area contributed by atoms with Crippen LogP contribution >= 0.6 is 11.3 Å². The number of thiophene rings is 1. The average molecular weight is 439 g/mol. The molecule has 156 valence electrons. The van der Waals surface area contributed by atoms with Crippen LogP contribution in [-0.2, 0) is 6.18 Å². The molecule has 30 heavy (non-hydrogen) atoms. The zero-order chi connectivity index (χ0) is 21.5. The average Bonchev–Trinajstić information content (AvgIpc) is 3.33. The van der Waals surface area contributed by atoms with E-state index < -0.39 is 30.3 Å². The summed E-state index contributed by atoms with van der Waals surface area (Å²) in [5.41, 5.74) is 0.659. The van der Waals surface area contributed by atoms with Gasteiger partial charge in [0.25, 0.3) is 0 Å². The quantitative estimate of drug-likeness (QED) is 0.310. The molecule has 0 bridgehead atoms. The first-order valence-corrected chi connectivity index (χ1v) is 9.90. The number of benzene rings is 2. The molecule has 0 aliphatic rings. The van der Waals surface area contributed by atoms with Gasteiger partial charge in [-0.25, -0.2) is 0 Å². The van der Waals surface area contributed by atoms with Crippen molar-refractivity contribution in [2.24, 2.45) is 0 Å². The van der Waals surface area contributed by atoms with Crippen LogP contribution in [0.3, 0.4) is 0 Å². The maximum absolute atomic E-state index is 13.5. The molecule has 1 N–H and O–H groups in total. The zero-order valence-electron chi connectivity index (χ0n) is 15.3. The number of aromatic amines is 1. The van der Waals surface area contributed by atoms with Crippen LogP contribution in [0.1, 0.15) is 28.3 Å². The monoisotopic (exact) mass is 439 g/mol. The molecule has 0 aliphatic carbocycles. The molecule has 2 aromatic carbocycles. The lowest BCUT2D eigenvalue weighted by Gasteiger charge is -2.19. The van der Waals surface area contributed by atoms with Crippen LogP contribution in [-0.4, -0.2) is 11.2 Å². The van der Waals surface area contributed by atoms with Crippen LogP contribution in [0.25, 0.3) is 22.2 Å². The number of hydrogen-bond donors (Lipinski definition) is 1. The van der Waals surface area contributed by atoms with Gasteiger partial charge in [0.15, 0.2) is 0 Å². The molecule has 0 radical (unpaired) electrons. The van der Waals surface area contributed by atoms with Gasteiger partial charge in [0, 0.05) is 21.7 Å².